The van der Waals surface area contributed by atoms with Gasteiger partial charge in [0.05, 0.1) is 25.4 Å². The predicted octanol–water partition coefficient (Wildman–Crippen LogP) is 19.1. The van der Waals surface area contributed by atoms with E-state index >= 15 is 0 Å². The van der Waals surface area contributed by atoms with Gasteiger partial charge in [-0.15, -0.1) is 0 Å². The molecular weight excluding hydrogens is 1080 g/mol. The van der Waals surface area contributed by atoms with Crippen LogP contribution in [-0.2, 0) is 14.3 Å². The molecule has 7 atom stereocenters. The van der Waals surface area contributed by atoms with Crippen LogP contribution in [0.3, 0.4) is 0 Å². The zero-order chi connectivity index (χ0) is 62.8. The first-order valence-electron chi connectivity index (χ1n) is 34.5. The van der Waals surface area contributed by atoms with E-state index in [9.17, 15) is 30.3 Å². The van der Waals surface area contributed by atoms with Crippen molar-refractivity contribution in [2.45, 2.75) is 288 Å². The molecule has 490 valence electrons. The molecular formula is C78H125NO8. The number of carbonyl (C=O) groups is 1. The molecule has 0 aromatic heterocycles. The fourth-order valence-corrected chi connectivity index (χ4v) is 9.58. The van der Waals surface area contributed by atoms with Crippen molar-refractivity contribution < 1.29 is 39.8 Å². The van der Waals surface area contributed by atoms with Gasteiger partial charge in [-0.05, 0) is 135 Å². The average molecular weight is 1200 g/mol. The molecule has 0 aliphatic carbocycles. The molecule has 1 aliphatic rings. The third kappa shape index (κ3) is 52.9. The minimum absolute atomic E-state index is 0.236. The number of aliphatic hydroxyl groups excluding tert-OH is 5. The summed E-state index contributed by atoms with van der Waals surface area (Å²) < 4.78 is 11.3. The number of aliphatic hydroxyl groups is 5. The topological polar surface area (TPSA) is 149 Å². The summed E-state index contributed by atoms with van der Waals surface area (Å²) in [6.45, 7) is 3.62. The van der Waals surface area contributed by atoms with Gasteiger partial charge in [0.2, 0.25) is 5.91 Å². The van der Waals surface area contributed by atoms with Crippen molar-refractivity contribution in [2.75, 3.05) is 13.2 Å². The van der Waals surface area contributed by atoms with Crippen molar-refractivity contribution in [3.63, 3.8) is 0 Å². The first kappa shape index (κ1) is 80.3. The standard InChI is InChI=1S/C78H125NO8/c1-3-5-7-9-11-13-15-17-19-21-23-25-27-29-30-31-32-33-34-35-36-37-38-39-40-41-42-44-46-48-50-52-54-56-58-60-62-64-66-68-74(82)79-71(70-86-78-77(85)76(84)75(83)73(69-80)87-78)72(81)67-65-63-61-59-57-55-53-51-49-47-45-43-28-26-24-22-20-18-16-14-12-10-8-6-4-2/h5,7,11,13,17,19,23,25,29-30,32-33,35-36,38-39,41-42,46,48-49,51-52,54,57-60,65,67,71-73,75-78,80-81,83-85H,3-4,6,8-10,12,14-16,18,20-22,24,26-28,31,34,37,40,43-45,47,50,53,55-56,61-64,66,68-70H2,1-2H3,(H,79,82)/b7-5-,13-11-,19-17-,25-23-,30-29-,33-32-,36-35-,39-38-,42-41-,48-46-,51-49+,54-52-,59-57+,60-58-,67-65+. The Bertz CT molecular complexity index is 2030. The van der Waals surface area contributed by atoms with Crippen molar-refractivity contribution in [3.8, 4) is 0 Å². The third-order valence-electron chi connectivity index (χ3n) is 14.9. The lowest BCUT2D eigenvalue weighted by atomic mass is 9.99. The van der Waals surface area contributed by atoms with Crippen LogP contribution in [-0.4, -0.2) is 87.5 Å². The van der Waals surface area contributed by atoms with Gasteiger partial charge in [-0.3, -0.25) is 4.79 Å². The molecule has 0 radical (unpaired) electrons. The number of rotatable bonds is 57. The summed E-state index contributed by atoms with van der Waals surface area (Å²) in [6.07, 6.45) is 97.0. The minimum Gasteiger partial charge on any atom is -0.394 e. The maximum Gasteiger partial charge on any atom is 0.220 e. The lowest BCUT2D eigenvalue weighted by molar-refractivity contribution is -0.302. The Kier molecular flexibility index (Phi) is 59.3. The zero-order valence-corrected chi connectivity index (χ0v) is 54.7. The van der Waals surface area contributed by atoms with E-state index in [2.05, 4.69) is 189 Å². The molecule has 87 heavy (non-hydrogen) atoms. The van der Waals surface area contributed by atoms with E-state index in [1.807, 2.05) is 6.08 Å². The number of allylic oxidation sites excluding steroid dienone is 29. The molecule has 6 N–H and O–H groups in total. The third-order valence-corrected chi connectivity index (χ3v) is 14.9. The van der Waals surface area contributed by atoms with Crippen molar-refractivity contribution >= 4 is 5.91 Å². The molecule has 0 bridgehead atoms. The normalized spacial score (nSPS) is 19.2. The van der Waals surface area contributed by atoms with E-state index < -0.39 is 49.5 Å². The van der Waals surface area contributed by atoms with Crippen LogP contribution in [0, 0.1) is 0 Å². The molecule has 0 spiro atoms. The second kappa shape index (κ2) is 64.3. The lowest BCUT2D eigenvalue weighted by Crippen LogP contribution is -2.60. The highest BCUT2D eigenvalue weighted by molar-refractivity contribution is 5.76. The lowest BCUT2D eigenvalue weighted by Gasteiger charge is -2.40. The smallest absolute Gasteiger partial charge is 0.220 e. The van der Waals surface area contributed by atoms with Crippen LogP contribution in [0.15, 0.2) is 182 Å². The fraction of sp³-hybridized carbons (Fsp3) is 0.603. The maximum absolute atomic E-state index is 13.1. The summed E-state index contributed by atoms with van der Waals surface area (Å²) in [4.78, 5) is 13.1. The molecule has 1 fully saturated rings. The second-order valence-electron chi connectivity index (χ2n) is 22.9. The molecule has 1 aliphatic heterocycles. The van der Waals surface area contributed by atoms with Gasteiger partial charge in [-0.25, -0.2) is 0 Å². The van der Waals surface area contributed by atoms with E-state index in [0.717, 1.165) is 116 Å². The molecule has 9 heteroatoms. The monoisotopic (exact) mass is 1200 g/mol. The summed E-state index contributed by atoms with van der Waals surface area (Å²) in [5.74, 6) is -0.240. The van der Waals surface area contributed by atoms with E-state index in [-0.39, 0.29) is 18.9 Å². The molecule has 0 aromatic rings. The van der Waals surface area contributed by atoms with Gasteiger partial charge in [-0.2, -0.15) is 0 Å². The van der Waals surface area contributed by atoms with Crippen molar-refractivity contribution in [2.24, 2.45) is 0 Å². The Labute approximate surface area is 531 Å². The van der Waals surface area contributed by atoms with Gasteiger partial charge in [0, 0.05) is 6.42 Å². The number of amides is 1. The zero-order valence-electron chi connectivity index (χ0n) is 54.7. The first-order valence-corrected chi connectivity index (χ1v) is 34.5. The molecule has 1 saturated heterocycles. The van der Waals surface area contributed by atoms with Crippen LogP contribution >= 0.6 is 0 Å². The molecule has 0 saturated carbocycles. The molecule has 1 amide bonds. The Balaban J connectivity index is 2.25. The molecule has 1 rings (SSSR count). The highest BCUT2D eigenvalue weighted by atomic mass is 16.7. The number of hydrogen-bond donors (Lipinski definition) is 6. The van der Waals surface area contributed by atoms with Crippen molar-refractivity contribution in [3.05, 3.63) is 182 Å². The number of nitrogens with one attached hydrogen (secondary N) is 1. The van der Waals surface area contributed by atoms with Crippen LogP contribution in [0.4, 0.5) is 0 Å². The number of unbranched alkanes of at least 4 members (excludes halogenated alkanes) is 19. The summed E-state index contributed by atoms with van der Waals surface area (Å²) in [5, 5.41) is 54.6. The number of hydrogen-bond acceptors (Lipinski definition) is 8. The average Bonchev–Trinajstić information content (AvgIpc) is 3.38. The van der Waals surface area contributed by atoms with Gasteiger partial charge < -0.3 is 40.3 Å². The van der Waals surface area contributed by atoms with E-state index in [4.69, 9.17) is 9.47 Å². The van der Waals surface area contributed by atoms with Gasteiger partial charge in [0.1, 0.15) is 24.4 Å². The van der Waals surface area contributed by atoms with Gasteiger partial charge in [0.25, 0.3) is 0 Å². The van der Waals surface area contributed by atoms with E-state index in [1.165, 1.54) is 96.3 Å². The van der Waals surface area contributed by atoms with Crippen molar-refractivity contribution in [1.82, 2.24) is 5.32 Å². The van der Waals surface area contributed by atoms with Gasteiger partial charge >= 0.3 is 0 Å². The molecule has 9 nitrogen and oxygen atoms in total. The van der Waals surface area contributed by atoms with Crippen molar-refractivity contribution in [1.29, 1.82) is 0 Å². The summed E-state index contributed by atoms with van der Waals surface area (Å²) >= 11 is 0. The Morgan fingerprint density at radius 3 is 1.10 bits per heavy atom. The van der Waals surface area contributed by atoms with Crippen LogP contribution in [0.25, 0.3) is 0 Å². The summed E-state index contributed by atoms with van der Waals surface area (Å²) in [5.41, 5.74) is 0. The summed E-state index contributed by atoms with van der Waals surface area (Å²) in [7, 11) is 0. The predicted molar refractivity (Wildman–Crippen MR) is 372 cm³/mol. The maximum atomic E-state index is 13.1. The fourth-order valence-electron chi connectivity index (χ4n) is 9.58. The Morgan fingerprint density at radius 1 is 0.402 bits per heavy atom. The number of ether oxygens (including phenoxy) is 2. The van der Waals surface area contributed by atoms with E-state index in [0.29, 0.717) is 12.8 Å². The summed E-state index contributed by atoms with van der Waals surface area (Å²) in [6, 6.07) is -0.868. The van der Waals surface area contributed by atoms with Gasteiger partial charge in [0.15, 0.2) is 6.29 Å². The minimum atomic E-state index is -1.60. The molecule has 0 aromatic carbocycles. The van der Waals surface area contributed by atoms with Crippen LogP contribution in [0.5, 0.6) is 0 Å². The highest BCUT2D eigenvalue weighted by Crippen LogP contribution is 2.23. The van der Waals surface area contributed by atoms with E-state index in [1.54, 1.807) is 6.08 Å². The molecule has 7 unspecified atom stereocenters. The largest absolute Gasteiger partial charge is 0.394 e. The second-order valence-corrected chi connectivity index (χ2v) is 22.9. The Morgan fingerprint density at radius 2 is 0.724 bits per heavy atom. The van der Waals surface area contributed by atoms with Gasteiger partial charge in [-0.1, -0.05) is 286 Å². The molecule has 1 heterocycles. The van der Waals surface area contributed by atoms with Crippen LogP contribution in [0.1, 0.15) is 245 Å². The highest BCUT2D eigenvalue weighted by Gasteiger charge is 2.44. The van der Waals surface area contributed by atoms with Crippen LogP contribution < -0.4 is 5.32 Å². The number of carbonyl (C=O) groups excluding carboxylic acids is 1. The van der Waals surface area contributed by atoms with Crippen LogP contribution in [0.2, 0.25) is 0 Å². The first-order chi connectivity index (χ1) is 42.8. The Hall–Kier alpha value is -4.71. The SMILES string of the molecule is CC/C=C\C/C=C\C/C=C\C/C=C\C/C=C\C/C=C\C/C=C\C/C=C\C/C=C\C/C=C\C/C=C\C/C=C\CCCCC(=O)NC(COC1OC(CO)C(O)C(O)C1O)C(O)/C=C/CC/C=C/CC/C=C/CCCCCCCCCCCCCCCCC. The quantitative estimate of drug-likeness (QED) is 0.0261.